The monoisotopic (exact) mass is 292 g/mol. The third kappa shape index (κ3) is 5.85. The van der Waals surface area contributed by atoms with Crippen LogP contribution in [0.15, 0.2) is 24.3 Å². The van der Waals surface area contributed by atoms with Crippen LogP contribution in [0.4, 0.5) is 5.69 Å². The van der Waals surface area contributed by atoms with Gasteiger partial charge in [-0.1, -0.05) is 0 Å². The summed E-state index contributed by atoms with van der Waals surface area (Å²) in [5.74, 6) is 0.374. The van der Waals surface area contributed by atoms with E-state index in [4.69, 9.17) is 4.74 Å². The SMILES string of the molecule is CCOc1ccc(N(CC(=O)NC(C)(C)C)C(C)=O)cc1. The summed E-state index contributed by atoms with van der Waals surface area (Å²) in [6.07, 6.45) is 0. The number of ether oxygens (including phenoxy) is 1. The summed E-state index contributed by atoms with van der Waals surface area (Å²) in [6, 6.07) is 7.13. The molecule has 0 aliphatic heterocycles. The molecule has 5 nitrogen and oxygen atoms in total. The second kappa shape index (κ2) is 7.11. The number of hydrogen-bond acceptors (Lipinski definition) is 3. The molecule has 0 aromatic heterocycles. The molecule has 116 valence electrons. The lowest BCUT2D eigenvalue weighted by Crippen LogP contribution is -2.47. The summed E-state index contributed by atoms with van der Waals surface area (Å²) in [7, 11) is 0. The summed E-state index contributed by atoms with van der Waals surface area (Å²) in [6.45, 7) is 9.65. The van der Waals surface area contributed by atoms with E-state index in [0.29, 0.717) is 12.3 Å². The summed E-state index contributed by atoms with van der Waals surface area (Å²) in [5, 5.41) is 2.85. The average Bonchev–Trinajstić information content (AvgIpc) is 2.35. The first kappa shape index (κ1) is 17.0. The van der Waals surface area contributed by atoms with Gasteiger partial charge in [0.25, 0.3) is 0 Å². The third-order valence-corrected chi connectivity index (χ3v) is 2.66. The zero-order chi connectivity index (χ0) is 16.0. The van der Waals surface area contributed by atoms with Crippen LogP contribution in [-0.4, -0.2) is 30.5 Å². The molecule has 0 aliphatic rings. The number of nitrogens with zero attached hydrogens (tertiary/aromatic N) is 1. The van der Waals surface area contributed by atoms with Gasteiger partial charge in [0.1, 0.15) is 12.3 Å². The van der Waals surface area contributed by atoms with E-state index in [0.717, 1.165) is 5.75 Å². The molecule has 0 atom stereocenters. The highest BCUT2D eigenvalue weighted by molar-refractivity contribution is 5.97. The highest BCUT2D eigenvalue weighted by Gasteiger charge is 2.19. The van der Waals surface area contributed by atoms with Crippen molar-refractivity contribution in [3.63, 3.8) is 0 Å². The van der Waals surface area contributed by atoms with E-state index in [2.05, 4.69) is 5.32 Å². The average molecular weight is 292 g/mol. The van der Waals surface area contributed by atoms with Gasteiger partial charge in [-0.05, 0) is 52.0 Å². The molecular formula is C16H24N2O3. The molecule has 21 heavy (non-hydrogen) atoms. The standard InChI is InChI=1S/C16H24N2O3/c1-6-21-14-9-7-13(8-10-14)18(12(2)19)11-15(20)17-16(3,4)5/h7-10H,6,11H2,1-5H3,(H,17,20). The minimum Gasteiger partial charge on any atom is -0.494 e. The first-order valence-corrected chi connectivity index (χ1v) is 7.05. The van der Waals surface area contributed by atoms with Gasteiger partial charge in [0, 0.05) is 18.2 Å². The number of anilines is 1. The van der Waals surface area contributed by atoms with Gasteiger partial charge >= 0.3 is 0 Å². The van der Waals surface area contributed by atoms with Crippen LogP contribution in [0.1, 0.15) is 34.6 Å². The highest BCUT2D eigenvalue weighted by atomic mass is 16.5. The number of benzene rings is 1. The Morgan fingerprint density at radius 3 is 2.19 bits per heavy atom. The number of rotatable bonds is 5. The lowest BCUT2D eigenvalue weighted by Gasteiger charge is -2.25. The molecule has 1 aromatic rings. The second-order valence-electron chi connectivity index (χ2n) is 5.83. The smallest absolute Gasteiger partial charge is 0.240 e. The van der Waals surface area contributed by atoms with Crippen LogP contribution in [0.25, 0.3) is 0 Å². The van der Waals surface area contributed by atoms with Crippen molar-refractivity contribution in [1.29, 1.82) is 0 Å². The minimum absolute atomic E-state index is 0.000580. The van der Waals surface area contributed by atoms with Crippen LogP contribution in [0.2, 0.25) is 0 Å². The molecule has 0 saturated heterocycles. The van der Waals surface area contributed by atoms with E-state index in [9.17, 15) is 9.59 Å². The molecule has 1 rings (SSSR count). The number of amides is 2. The molecular weight excluding hydrogens is 268 g/mol. The molecule has 5 heteroatoms. The van der Waals surface area contributed by atoms with Gasteiger partial charge in [-0.2, -0.15) is 0 Å². The van der Waals surface area contributed by atoms with Gasteiger partial charge in [-0.25, -0.2) is 0 Å². The fourth-order valence-corrected chi connectivity index (χ4v) is 1.87. The zero-order valence-electron chi connectivity index (χ0n) is 13.4. The normalized spacial score (nSPS) is 10.9. The highest BCUT2D eigenvalue weighted by Crippen LogP contribution is 2.19. The second-order valence-corrected chi connectivity index (χ2v) is 5.83. The molecule has 0 fully saturated rings. The lowest BCUT2D eigenvalue weighted by atomic mass is 10.1. The number of carbonyl (C=O) groups excluding carboxylic acids is 2. The van der Waals surface area contributed by atoms with E-state index in [1.807, 2.05) is 27.7 Å². The van der Waals surface area contributed by atoms with Gasteiger partial charge in [0.05, 0.1) is 6.61 Å². The topological polar surface area (TPSA) is 58.6 Å². The summed E-state index contributed by atoms with van der Waals surface area (Å²) in [5.41, 5.74) is 0.355. The van der Waals surface area contributed by atoms with Crippen molar-refractivity contribution in [3.8, 4) is 5.75 Å². The maximum absolute atomic E-state index is 12.0. The van der Waals surface area contributed by atoms with Crippen molar-refractivity contribution in [2.24, 2.45) is 0 Å². The van der Waals surface area contributed by atoms with Crippen molar-refractivity contribution < 1.29 is 14.3 Å². The fraction of sp³-hybridized carbons (Fsp3) is 0.500. The number of hydrogen-bond donors (Lipinski definition) is 1. The molecule has 2 amide bonds. The zero-order valence-corrected chi connectivity index (χ0v) is 13.4. The summed E-state index contributed by atoms with van der Waals surface area (Å²) >= 11 is 0. The van der Waals surface area contributed by atoms with Crippen molar-refractivity contribution in [1.82, 2.24) is 5.32 Å². The van der Waals surface area contributed by atoms with Crippen molar-refractivity contribution >= 4 is 17.5 Å². The third-order valence-electron chi connectivity index (χ3n) is 2.66. The molecule has 1 N–H and O–H groups in total. The Bertz CT molecular complexity index is 489. The molecule has 0 unspecified atom stereocenters. The predicted octanol–water partition coefficient (Wildman–Crippen LogP) is 2.35. The fourth-order valence-electron chi connectivity index (χ4n) is 1.87. The largest absolute Gasteiger partial charge is 0.494 e. The summed E-state index contributed by atoms with van der Waals surface area (Å²) < 4.78 is 5.37. The van der Waals surface area contributed by atoms with Crippen LogP contribution in [-0.2, 0) is 9.59 Å². The van der Waals surface area contributed by atoms with Gasteiger partial charge in [0.2, 0.25) is 11.8 Å². The summed E-state index contributed by atoms with van der Waals surface area (Å²) in [4.78, 5) is 25.2. The minimum atomic E-state index is -0.321. The maximum Gasteiger partial charge on any atom is 0.240 e. The molecule has 0 bridgehead atoms. The van der Waals surface area contributed by atoms with E-state index in [1.165, 1.54) is 11.8 Å². The Balaban J connectivity index is 2.82. The van der Waals surface area contributed by atoms with Gasteiger partial charge < -0.3 is 15.0 Å². The Hall–Kier alpha value is -2.04. The Morgan fingerprint density at radius 1 is 1.19 bits per heavy atom. The van der Waals surface area contributed by atoms with Crippen molar-refractivity contribution in [3.05, 3.63) is 24.3 Å². The van der Waals surface area contributed by atoms with Gasteiger partial charge in [-0.15, -0.1) is 0 Å². The van der Waals surface area contributed by atoms with Gasteiger partial charge in [0.15, 0.2) is 0 Å². The molecule has 0 aliphatic carbocycles. The van der Waals surface area contributed by atoms with Crippen LogP contribution >= 0.6 is 0 Å². The van der Waals surface area contributed by atoms with Crippen LogP contribution in [0.3, 0.4) is 0 Å². The lowest BCUT2D eigenvalue weighted by molar-refractivity contribution is -0.124. The van der Waals surface area contributed by atoms with Crippen LogP contribution < -0.4 is 15.0 Å². The van der Waals surface area contributed by atoms with Crippen LogP contribution in [0.5, 0.6) is 5.75 Å². The van der Waals surface area contributed by atoms with E-state index in [1.54, 1.807) is 24.3 Å². The molecule has 0 heterocycles. The van der Waals surface area contributed by atoms with Gasteiger partial charge in [-0.3, -0.25) is 9.59 Å². The van der Waals surface area contributed by atoms with Crippen molar-refractivity contribution in [2.75, 3.05) is 18.1 Å². The Labute approximate surface area is 126 Å². The Morgan fingerprint density at radius 2 is 1.76 bits per heavy atom. The maximum atomic E-state index is 12.0. The van der Waals surface area contributed by atoms with Crippen LogP contribution in [0, 0.1) is 0 Å². The first-order valence-electron chi connectivity index (χ1n) is 7.05. The molecule has 0 spiro atoms. The van der Waals surface area contributed by atoms with E-state index >= 15 is 0 Å². The van der Waals surface area contributed by atoms with E-state index in [-0.39, 0.29) is 23.9 Å². The predicted molar refractivity (Wildman–Crippen MR) is 83.5 cm³/mol. The van der Waals surface area contributed by atoms with E-state index < -0.39 is 0 Å². The first-order chi connectivity index (χ1) is 9.73. The molecule has 0 saturated carbocycles. The Kier molecular flexibility index (Phi) is 5.76. The number of carbonyl (C=O) groups is 2. The molecule has 1 aromatic carbocycles. The van der Waals surface area contributed by atoms with Crippen molar-refractivity contribution in [2.45, 2.75) is 40.2 Å². The number of nitrogens with one attached hydrogen (secondary N) is 1. The quantitative estimate of drug-likeness (QED) is 0.906. The molecule has 0 radical (unpaired) electrons.